The van der Waals surface area contributed by atoms with E-state index in [1.807, 2.05) is 36.4 Å². The van der Waals surface area contributed by atoms with Gasteiger partial charge >= 0.3 is 115 Å². The normalized spacial score (nSPS) is 14.2. The van der Waals surface area contributed by atoms with Gasteiger partial charge in [0.25, 0.3) is 0 Å². The second-order valence-corrected chi connectivity index (χ2v) is 13.1. The average molecular weight is 346 g/mol. The molecule has 0 radical (unpaired) electrons. The van der Waals surface area contributed by atoms with Gasteiger partial charge < -0.3 is 0 Å². The second-order valence-electron chi connectivity index (χ2n) is 4.23. The van der Waals surface area contributed by atoms with Crippen molar-refractivity contribution in [2.75, 3.05) is 0 Å². The van der Waals surface area contributed by atoms with Gasteiger partial charge in [-0.2, -0.15) is 0 Å². The minimum absolute atomic E-state index is 0.529. The number of hydrogen-bond acceptors (Lipinski definition) is 2. The summed E-state index contributed by atoms with van der Waals surface area (Å²) in [5.41, 5.74) is 1.11. The van der Waals surface area contributed by atoms with E-state index in [1.165, 1.54) is 0 Å². The number of allylic oxidation sites excluding steroid dienone is 2. The first-order chi connectivity index (χ1) is 8.72. The predicted octanol–water partition coefficient (Wildman–Crippen LogP) is 2.70. The van der Waals surface area contributed by atoms with Gasteiger partial charge in [0.2, 0.25) is 0 Å². The zero-order chi connectivity index (χ0) is 13.0. The quantitative estimate of drug-likeness (QED) is 0.892. The third-order valence-electron chi connectivity index (χ3n) is 3.05. The first-order valence-corrected chi connectivity index (χ1v) is 11.7. The number of carbonyl (C=O) groups is 1. The van der Waals surface area contributed by atoms with Crippen molar-refractivity contribution >= 4 is 27.4 Å². The SMILES string of the molecule is C[CH2][In]1[C](OCc2ccccc2)=CC=[C]1C(=O)O. The molecule has 1 heterocycles. The molecule has 0 saturated carbocycles. The van der Waals surface area contributed by atoms with Crippen LogP contribution in [0, 0.1) is 0 Å². The van der Waals surface area contributed by atoms with Gasteiger partial charge in [-0.1, -0.05) is 0 Å². The fraction of sp³-hybridized carbons (Fsp3) is 0.214. The van der Waals surface area contributed by atoms with Crippen LogP contribution in [0.1, 0.15) is 12.5 Å². The van der Waals surface area contributed by atoms with Crippen molar-refractivity contribution in [3.8, 4) is 0 Å². The number of carboxylic acids is 1. The zero-order valence-electron chi connectivity index (χ0n) is 10.3. The van der Waals surface area contributed by atoms with Crippen LogP contribution >= 0.6 is 0 Å². The third kappa shape index (κ3) is 2.99. The van der Waals surface area contributed by atoms with Gasteiger partial charge in [0.05, 0.1) is 0 Å². The van der Waals surface area contributed by atoms with E-state index in [9.17, 15) is 4.79 Å². The Morgan fingerprint density at radius 3 is 2.61 bits per heavy atom. The molecule has 4 heteroatoms. The molecule has 1 aliphatic rings. The summed E-state index contributed by atoms with van der Waals surface area (Å²) in [6, 6.07) is 9.94. The van der Waals surface area contributed by atoms with Crippen molar-refractivity contribution in [1.82, 2.24) is 0 Å². The fourth-order valence-corrected chi connectivity index (χ4v) is 8.91. The Bertz CT molecular complexity index is 491. The van der Waals surface area contributed by atoms with Crippen LogP contribution in [-0.2, 0) is 16.1 Å². The summed E-state index contributed by atoms with van der Waals surface area (Å²) >= 11 is -2.34. The maximum absolute atomic E-state index is 11.1. The van der Waals surface area contributed by atoms with Crippen molar-refractivity contribution in [2.45, 2.75) is 17.7 Å². The van der Waals surface area contributed by atoms with E-state index >= 15 is 0 Å². The number of hydrogen-bond donors (Lipinski definition) is 1. The molecule has 2 rings (SSSR count). The topological polar surface area (TPSA) is 46.5 Å². The van der Waals surface area contributed by atoms with Gasteiger partial charge in [-0.25, -0.2) is 0 Å². The molecule has 0 bridgehead atoms. The van der Waals surface area contributed by atoms with Crippen molar-refractivity contribution < 1.29 is 14.6 Å². The van der Waals surface area contributed by atoms with Crippen LogP contribution in [0.3, 0.4) is 0 Å². The molecule has 1 N–H and O–H groups in total. The van der Waals surface area contributed by atoms with Crippen molar-refractivity contribution in [3.05, 3.63) is 54.9 Å². The van der Waals surface area contributed by atoms with Crippen LogP contribution in [0.4, 0.5) is 0 Å². The Hall–Kier alpha value is -1.16. The van der Waals surface area contributed by atoms with Crippen LogP contribution in [-0.4, -0.2) is 32.5 Å². The summed E-state index contributed by atoms with van der Waals surface area (Å²) in [4.78, 5) is 11.1. The van der Waals surface area contributed by atoms with Gasteiger partial charge in [-0.05, 0) is 0 Å². The maximum atomic E-state index is 11.1. The molecule has 0 spiro atoms. The molecule has 3 nitrogen and oxygen atoms in total. The molecular formula is C14H15InO3. The van der Waals surface area contributed by atoms with E-state index < -0.39 is 27.4 Å². The van der Waals surface area contributed by atoms with Gasteiger partial charge in [-0.15, -0.1) is 0 Å². The number of rotatable bonds is 5. The van der Waals surface area contributed by atoms with Gasteiger partial charge in [-0.3, -0.25) is 0 Å². The van der Waals surface area contributed by atoms with E-state index in [2.05, 4.69) is 6.92 Å². The Morgan fingerprint density at radius 1 is 1.28 bits per heavy atom. The summed E-state index contributed by atoms with van der Waals surface area (Å²) in [5, 5.41) is 9.11. The molecule has 0 saturated heterocycles. The van der Waals surface area contributed by atoms with Crippen molar-refractivity contribution in [3.63, 3.8) is 0 Å². The van der Waals surface area contributed by atoms with Gasteiger partial charge in [0, 0.05) is 0 Å². The predicted molar refractivity (Wildman–Crippen MR) is 71.3 cm³/mol. The summed E-state index contributed by atoms with van der Waals surface area (Å²) < 4.78 is 8.34. The molecule has 0 aliphatic carbocycles. The van der Waals surface area contributed by atoms with E-state index in [-0.39, 0.29) is 0 Å². The van der Waals surface area contributed by atoms with Crippen molar-refractivity contribution in [1.29, 1.82) is 0 Å². The molecule has 0 unspecified atom stereocenters. The van der Waals surface area contributed by atoms with Crippen LogP contribution in [0.25, 0.3) is 0 Å². The summed E-state index contributed by atoms with van der Waals surface area (Å²) in [6.45, 7) is 2.59. The Labute approximate surface area is 114 Å². The molecule has 0 amide bonds. The van der Waals surface area contributed by atoms with E-state index in [4.69, 9.17) is 9.84 Å². The first-order valence-electron chi connectivity index (χ1n) is 6.04. The number of aliphatic carboxylic acids is 1. The van der Waals surface area contributed by atoms with E-state index in [1.54, 1.807) is 6.08 Å². The molecule has 1 aromatic carbocycles. The van der Waals surface area contributed by atoms with Crippen LogP contribution in [0.15, 0.2) is 49.3 Å². The Balaban J connectivity index is 1.98. The van der Waals surface area contributed by atoms with Gasteiger partial charge in [0.1, 0.15) is 0 Å². The monoisotopic (exact) mass is 346 g/mol. The number of ether oxygens (including phenoxy) is 1. The molecular weight excluding hydrogens is 331 g/mol. The van der Waals surface area contributed by atoms with Crippen LogP contribution < -0.4 is 0 Å². The molecule has 0 aromatic heterocycles. The van der Waals surface area contributed by atoms with Crippen LogP contribution in [0.2, 0.25) is 4.18 Å². The fourth-order valence-electron chi connectivity index (χ4n) is 2.09. The molecule has 1 aliphatic heterocycles. The summed E-state index contributed by atoms with van der Waals surface area (Å²) in [6.07, 6.45) is 3.59. The van der Waals surface area contributed by atoms with Crippen molar-refractivity contribution in [2.24, 2.45) is 0 Å². The molecule has 0 fully saturated rings. The molecule has 92 valence electrons. The second kappa shape index (κ2) is 6.14. The Morgan fingerprint density at radius 2 is 2.00 bits per heavy atom. The minimum atomic E-state index is -2.34. The molecule has 1 aromatic rings. The van der Waals surface area contributed by atoms with E-state index in [0.717, 1.165) is 13.3 Å². The summed E-state index contributed by atoms with van der Waals surface area (Å²) in [7, 11) is 0. The zero-order valence-corrected chi connectivity index (χ0v) is 13.6. The Kier molecular flexibility index (Phi) is 4.53. The number of carboxylic acid groups (broad SMARTS) is 1. The first kappa shape index (κ1) is 13.3. The molecule has 18 heavy (non-hydrogen) atoms. The third-order valence-corrected chi connectivity index (χ3v) is 11.8. The van der Waals surface area contributed by atoms with E-state index in [0.29, 0.717) is 9.94 Å². The van der Waals surface area contributed by atoms with Crippen LogP contribution in [0.5, 0.6) is 0 Å². The molecule has 0 atom stereocenters. The summed E-state index contributed by atoms with van der Waals surface area (Å²) in [5.74, 6) is -0.771. The average Bonchev–Trinajstić information content (AvgIpc) is 2.80. The van der Waals surface area contributed by atoms with Gasteiger partial charge in [0.15, 0.2) is 0 Å². The standard InChI is InChI=1S/C12H10O3.C2H5.In/c13-12(14)8-4-5-9-15-10-11-6-2-1-3-7-11;1-2;/h1-7H,10H2,(H,13,14);1H2,2H3;. The number of benzene rings is 1.